The molecule has 4 nitrogen and oxygen atoms in total. The number of nitrogens with zero attached hydrogens (tertiary/aromatic N) is 2. The maximum absolute atomic E-state index is 10.3. The summed E-state index contributed by atoms with van der Waals surface area (Å²) in [4.78, 5) is 5.79. The number of aryl methyl sites for hydroxylation is 1. The summed E-state index contributed by atoms with van der Waals surface area (Å²) < 4.78 is 8.54. The Morgan fingerprint density at radius 2 is 1.78 bits per heavy atom. The van der Waals surface area contributed by atoms with Gasteiger partial charge >= 0.3 is 0 Å². The molecule has 0 aliphatic carbocycles. The molecule has 1 aliphatic rings. The number of aliphatic hydroxyl groups excluding tert-OH is 1. The van der Waals surface area contributed by atoms with Crippen LogP contribution in [0.4, 0.5) is 0 Å². The number of aromatic nitrogens is 2. The normalized spacial score (nSPS) is 12.7. The minimum atomic E-state index is -0.00207. The van der Waals surface area contributed by atoms with Gasteiger partial charge in [0, 0.05) is 44.9 Å². The molecule has 0 saturated carbocycles. The number of hydrogen-bond donors (Lipinski definition) is 1. The van der Waals surface area contributed by atoms with Crippen molar-refractivity contribution in [1.82, 2.24) is 9.55 Å². The Morgan fingerprint density at radius 3 is 2.53 bits per heavy atom. The smallest absolute Gasteiger partial charge is 0.130 e. The number of benzene rings is 3. The van der Waals surface area contributed by atoms with Gasteiger partial charge in [0.25, 0.3) is 0 Å². The average Bonchev–Trinajstić information content (AvgIpc) is 3.24. The van der Waals surface area contributed by atoms with E-state index in [9.17, 15) is 5.11 Å². The number of hydrogen-bond acceptors (Lipinski definition) is 4. The van der Waals surface area contributed by atoms with E-state index in [-0.39, 0.29) is 6.61 Å². The molecule has 0 radical (unpaired) electrons. The van der Waals surface area contributed by atoms with Gasteiger partial charge in [0.05, 0.1) is 23.5 Å². The fourth-order valence-corrected chi connectivity index (χ4v) is 6.22. The number of rotatable bonds is 7. The van der Waals surface area contributed by atoms with Gasteiger partial charge in [-0.15, -0.1) is 11.8 Å². The maximum atomic E-state index is 10.3. The van der Waals surface area contributed by atoms with E-state index in [1.54, 1.807) is 0 Å². The van der Waals surface area contributed by atoms with Crippen LogP contribution in [0.1, 0.15) is 22.5 Å². The SMILES string of the molecule is OCc1c2c3c(c(OCc4ccc(-c5ccccc5)cn4)ccc3n1Cc1ccc(Cl)cc1)CCS2. The van der Waals surface area contributed by atoms with Gasteiger partial charge in [0.15, 0.2) is 0 Å². The monoisotopic (exact) mass is 512 g/mol. The molecule has 36 heavy (non-hydrogen) atoms. The lowest BCUT2D eigenvalue weighted by Crippen LogP contribution is -2.05. The van der Waals surface area contributed by atoms with Crippen molar-refractivity contribution >= 4 is 34.3 Å². The van der Waals surface area contributed by atoms with Crippen LogP contribution in [-0.4, -0.2) is 20.4 Å². The van der Waals surface area contributed by atoms with Gasteiger partial charge in [0.1, 0.15) is 12.4 Å². The molecule has 6 rings (SSSR count). The summed E-state index contributed by atoms with van der Waals surface area (Å²) in [6.07, 6.45) is 2.83. The molecule has 0 saturated heterocycles. The first-order valence-corrected chi connectivity index (χ1v) is 13.4. The topological polar surface area (TPSA) is 47.3 Å². The zero-order valence-corrected chi connectivity index (χ0v) is 21.2. The molecule has 1 aliphatic heterocycles. The fourth-order valence-electron chi connectivity index (χ4n) is 4.87. The molecule has 2 aromatic heterocycles. The summed E-state index contributed by atoms with van der Waals surface area (Å²) in [5, 5.41) is 12.2. The van der Waals surface area contributed by atoms with Crippen LogP contribution in [0.2, 0.25) is 5.02 Å². The molecule has 180 valence electrons. The van der Waals surface area contributed by atoms with E-state index in [1.165, 1.54) is 15.8 Å². The van der Waals surface area contributed by atoms with E-state index in [0.29, 0.717) is 13.2 Å². The Bertz CT molecular complexity index is 1510. The first-order chi connectivity index (χ1) is 17.7. The third-order valence-electron chi connectivity index (χ3n) is 6.66. The van der Waals surface area contributed by atoms with Gasteiger partial charge in [-0.05, 0) is 47.9 Å². The van der Waals surface area contributed by atoms with E-state index in [0.717, 1.165) is 56.5 Å². The van der Waals surface area contributed by atoms with Crippen LogP contribution in [0.25, 0.3) is 22.0 Å². The molecular formula is C30H25ClN2O2S. The van der Waals surface area contributed by atoms with Crippen molar-refractivity contribution in [3.8, 4) is 16.9 Å². The van der Waals surface area contributed by atoms with Crippen molar-refractivity contribution in [1.29, 1.82) is 0 Å². The number of ether oxygens (including phenoxy) is 1. The molecule has 5 aromatic rings. The Morgan fingerprint density at radius 1 is 0.944 bits per heavy atom. The van der Waals surface area contributed by atoms with E-state index in [2.05, 4.69) is 39.9 Å². The summed E-state index contributed by atoms with van der Waals surface area (Å²) in [5.74, 6) is 1.86. The first kappa shape index (κ1) is 23.2. The number of thioether (sulfide) groups is 1. The molecule has 0 fully saturated rings. The van der Waals surface area contributed by atoms with Gasteiger partial charge in [-0.1, -0.05) is 60.1 Å². The van der Waals surface area contributed by atoms with Crippen molar-refractivity contribution in [3.05, 3.63) is 113 Å². The zero-order valence-electron chi connectivity index (χ0n) is 19.7. The second-order valence-corrected chi connectivity index (χ2v) is 10.4. The number of pyridine rings is 1. The number of aliphatic hydroxyl groups is 1. The highest BCUT2D eigenvalue weighted by Crippen LogP contribution is 2.44. The van der Waals surface area contributed by atoms with Crippen LogP contribution >= 0.6 is 23.4 Å². The molecule has 0 atom stereocenters. The summed E-state index contributed by atoms with van der Waals surface area (Å²) in [6.45, 7) is 1.09. The van der Waals surface area contributed by atoms with Crippen molar-refractivity contribution in [2.75, 3.05) is 5.75 Å². The third-order valence-corrected chi connectivity index (χ3v) is 8.05. The summed E-state index contributed by atoms with van der Waals surface area (Å²) in [6, 6.07) is 26.4. The number of halogens is 1. The average molecular weight is 513 g/mol. The van der Waals surface area contributed by atoms with Crippen molar-refractivity contribution in [2.24, 2.45) is 0 Å². The molecule has 3 heterocycles. The van der Waals surface area contributed by atoms with E-state index < -0.39 is 0 Å². The fraction of sp³-hybridized carbons (Fsp3) is 0.167. The van der Waals surface area contributed by atoms with E-state index in [1.807, 2.05) is 66.5 Å². The zero-order chi connectivity index (χ0) is 24.5. The molecule has 0 unspecified atom stereocenters. The van der Waals surface area contributed by atoms with Crippen LogP contribution in [0.15, 0.2) is 90.0 Å². The predicted octanol–water partition coefficient (Wildman–Crippen LogP) is 7.12. The highest BCUT2D eigenvalue weighted by Gasteiger charge is 2.25. The third kappa shape index (κ3) is 4.39. The Kier molecular flexibility index (Phi) is 6.45. The van der Waals surface area contributed by atoms with Crippen LogP contribution in [0.5, 0.6) is 5.75 Å². The minimum Gasteiger partial charge on any atom is -0.487 e. The van der Waals surface area contributed by atoms with Crippen molar-refractivity contribution in [3.63, 3.8) is 0 Å². The Balaban J connectivity index is 1.29. The second-order valence-electron chi connectivity index (χ2n) is 8.87. The highest BCUT2D eigenvalue weighted by atomic mass is 35.5. The maximum Gasteiger partial charge on any atom is 0.130 e. The Labute approximate surface area is 219 Å². The van der Waals surface area contributed by atoms with Crippen LogP contribution in [0, 0.1) is 0 Å². The lowest BCUT2D eigenvalue weighted by atomic mass is 10.1. The summed E-state index contributed by atoms with van der Waals surface area (Å²) >= 11 is 7.90. The molecule has 0 bridgehead atoms. The first-order valence-electron chi connectivity index (χ1n) is 12.0. The largest absolute Gasteiger partial charge is 0.487 e. The van der Waals surface area contributed by atoms with E-state index >= 15 is 0 Å². The van der Waals surface area contributed by atoms with Gasteiger partial charge in [-0.25, -0.2) is 0 Å². The van der Waals surface area contributed by atoms with Crippen LogP contribution < -0.4 is 4.74 Å². The molecule has 6 heteroatoms. The second kappa shape index (κ2) is 10.0. The minimum absolute atomic E-state index is 0.00207. The predicted molar refractivity (Wildman–Crippen MR) is 147 cm³/mol. The quantitative estimate of drug-likeness (QED) is 0.252. The summed E-state index contributed by atoms with van der Waals surface area (Å²) in [7, 11) is 0. The standard InChI is InChI=1S/C30H25ClN2O2S/c31-23-9-6-20(7-10-23)17-33-26-12-13-28(25-14-15-36-30(29(25)26)27(33)18-34)35-19-24-11-8-22(16-32-24)21-4-2-1-3-5-21/h1-13,16,34H,14-15,17-19H2. The molecule has 0 amide bonds. The van der Waals surface area contributed by atoms with Gasteiger partial charge in [-0.3, -0.25) is 4.98 Å². The van der Waals surface area contributed by atoms with Gasteiger partial charge in [-0.2, -0.15) is 0 Å². The van der Waals surface area contributed by atoms with E-state index in [4.69, 9.17) is 16.3 Å². The highest BCUT2D eigenvalue weighted by molar-refractivity contribution is 7.99. The van der Waals surface area contributed by atoms with Crippen molar-refractivity contribution < 1.29 is 9.84 Å². The van der Waals surface area contributed by atoms with Crippen LogP contribution in [0.3, 0.4) is 0 Å². The van der Waals surface area contributed by atoms with Gasteiger partial charge < -0.3 is 14.4 Å². The molecule has 3 aromatic carbocycles. The molecule has 0 spiro atoms. The summed E-state index contributed by atoms with van der Waals surface area (Å²) in [5.41, 5.74) is 7.59. The Hall–Kier alpha value is -3.25. The molecular weight excluding hydrogens is 488 g/mol. The lowest BCUT2D eigenvalue weighted by molar-refractivity contribution is 0.269. The lowest BCUT2D eigenvalue weighted by Gasteiger charge is -2.17. The van der Waals surface area contributed by atoms with Crippen molar-refractivity contribution in [2.45, 2.75) is 31.1 Å². The molecule has 1 N–H and O–H groups in total. The van der Waals surface area contributed by atoms with Gasteiger partial charge in [0.2, 0.25) is 0 Å². The van der Waals surface area contributed by atoms with Crippen LogP contribution in [-0.2, 0) is 26.2 Å².